The maximum Gasteiger partial charge on any atom is 0.282 e. The minimum Gasteiger partial charge on any atom is -0.328 e. The van der Waals surface area contributed by atoms with Crippen LogP contribution in [-0.4, -0.2) is 61.1 Å². The zero-order valence-electron chi connectivity index (χ0n) is 17.2. The largest absolute Gasteiger partial charge is 0.328 e. The molecule has 7 heteroatoms. The van der Waals surface area contributed by atoms with Crippen LogP contribution in [0.5, 0.6) is 0 Å². The Morgan fingerprint density at radius 1 is 0.480 bits per heavy atom. The van der Waals surface area contributed by atoms with Crippen molar-refractivity contribution < 1.29 is 28.4 Å². The summed E-state index contributed by atoms with van der Waals surface area (Å²) in [5.41, 5.74) is 0. The number of rotatable bonds is 18. The summed E-state index contributed by atoms with van der Waals surface area (Å²) in [6, 6.07) is 2.14. The van der Waals surface area contributed by atoms with Crippen LogP contribution < -0.4 is 0 Å². The SMILES string of the molecule is CCOC(CC[SiH2]CCC(OCC)(OCC)OCC)(OCC)OCC. The Bertz CT molecular complexity index is 241. The van der Waals surface area contributed by atoms with Crippen LogP contribution in [0, 0.1) is 0 Å². The lowest BCUT2D eigenvalue weighted by atomic mass is 10.4. The summed E-state index contributed by atoms with van der Waals surface area (Å²) in [4.78, 5) is 0. The molecule has 152 valence electrons. The van der Waals surface area contributed by atoms with Crippen LogP contribution in [0.3, 0.4) is 0 Å². The summed E-state index contributed by atoms with van der Waals surface area (Å²) in [6.45, 7) is 15.2. The van der Waals surface area contributed by atoms with E-state index in [1.807, 2.05) is 41.5 Å². The lowest BCUT2D eigenvalue weighted by Crippen LogP contribution is -2.40. The third-order valence-corrected chi connectivity index (χ3v) is 5.36. The minimum absolute atomic E-state index is 0.330. The molecule has 0 saturated heterocycles. The average Bonchev–Trinajstić information content (AvgIpc) is 2.56. The van der Waals surface area contributed by atoms with Crippen LogP contribution in [0.25, 0.3) is 0 Å². The van der Waals surface area contributed by atoms with Gasteiger partial charge in [-0.3, -0.25) is 0 Å². The van der Waals surface area contributed by atoms with Crippen molar-refractivity contribution in [1.29, 1.82) is 0 Å². The summed E-state index contributed by atoms with van der Waals surface area (Å²) in [5.74, 6) is -1.77. The molecule has 0 unspecified atom stereocenters. The summed E-state index contributed by atoms with van der Waals surface area (Å²) in [6.07, 6.45) is 1.53. The molecule has 0 bridgehead atoms. The molecule has 0 aliphatic heterocycles. The van der Waals surface area contributed by atoms with Gasteiger partial charge < -0.3 is 28.4 Å². The van der Waals surface area contributed by atoms with Gasteiger partial charge in [0.1, 0.15) is 0 Å². The van der Waals surface area contributed by atoms with E-state index < -0.39 is 11.9 Å². The highest BCUT2D eigenvalue weighted by molar-refractivity contribution is 6.35. The fourth-order valence-corrected chi connectivity index (χ4v) is 4.58. The predicted octanol–water partition coefficient (Wildman–Crippen LogP) is 3.30. The van der Waals surface area contributed by atoms with E-state index in [-0.39, 0.29) is 9.52 Å². The number of ether oxygens (including phenoxy) is 6. The molecule has 0 spiro atoms. The first-order valence-corrected chi connectivity index (χ1v) is 11.9. The molecule has 0 amide bonds. The van der Waals surface area contributed by atoms with E-state index in [2.05, 4.69) is 0 Å². The Morgan fingerprint density at radius 3 is 0.920 bits per heavy atom. The van der Waals surface area contributed by atoms with E-state index in [9.17, 15) is 0 Å². The molecule has 6 nitrogen and oxygen atoms in total. The third-order valence-electron chi connectivity index (χ3n) is 3.65. The third kappa shape index (κ3) is 10.0. The van der Waals surface area contributed by atoms with Crippen LogP contribution >= 0.6 is 0 Å². The molecule has 0 heterocycles. The van der Waals surface area contributed by atoms with E-state index in [0.29, 0.717) is 39.6 Å². The smallest absolute Gasteiger partial charge is 0.282 e. The quantitative estimate of drug-likeness (QED) is 0.207. The van der Waals surface area contributed by atoms with Crippen molar-refractivity contribution in [1.82, 2.24) is 0 Å². The molecule has 0 atom stereocenters. The van der Waals surface area contributed by atoms with Gasteiger partial charge in [-0.2, -0.15) is 0 Å². The lowest BCUT2D eigenvalue weighted by molar-refractivity contribution is -0.378. The standard InChI is InChI=1S/C18H40O6Si/c1-7-19-17(20-8-2,21-9-3)13-15-25-16-14-18(22-10-4,23-11-5)24-12-6/h7-16,25H2,1-6H3. The van der Waals surface area contributed by atoms with Gasteiger partial charge in [0.15, 0.2) is 0 Å². The van der Waals surface area contributed by atoms with Gasteiger partial charge in [-0.05, 0) is 41.5 Å². The Kier molecular flexibility index (Phi) is 15.1. The highest BCUT2D eigenvalue weighted by Crippen LogP contribution is 2.25. The van der Waals surface area contributed by atoms with Gasteiger partial charge in [-0.15, -0.1) is 0 Å². The topological polar surface area (TPSA) is 55.4 Å². The van der Waals surface area contributed by atoms with Crippen molar-refractivity contribution in [2.24, 2.45) is 0 Å². The minimum atomic E-state index is -0.887. The van der Waals surface area contributed by atoms with E-state index in [1.54, 1.807) is 0 Å². The van der Waals surface area contributed by atoms with Crippen LogP contribution in [0.4, 0.5) is 0 Å². The Morgan fingerprint density at radius 2 is 0.720 bits per heavy atom. The molecule has 0 aliphatic rings. The van der Waals surface area contributed by atoms with E-state index in [4.69, 9.17) is 28.4 Å². The first-order valence-electron chi connectivity index (χ1n) is 9.91. The second-order valence-electron chi connectivity index (χ2n) is 5.52. The number of hydrogen-bond donors (Lipinski definition) is 0. The molecule has 0 aromatic carbocycles. The van der Waals surface area contributed by atoms with E-state index >= 15 is 0 Å². The molecule has 0 saturated carbocycles. The molecule has 0 aromatic heterocycles. The number of hydrogen-bond acceptors (Lipinski definition) is 6. The van der Waals surface area contributed by atoms with Gasteiger partial charge in [0.2, 0.25) is 0 Å². The van der Waals surface area contributed by atoms with Gasteiger partial charge in [0.05, 0.1) is 0 Å². The summed E-state index contributed by atoms with van der Waals surface area (Å²) in [5, 5.41) is 0. The van der Waals surface area contributed by atoms with Gasteiger partial charge in [0.25, 0.3) is 11.9 Å². The average molecular weight is 381 g/mol. The lowest BCUT2D eigenvalue weighted by Gasteiger charge is -2.33. The van der Waals surface area contributed by atoms with Crippen LogP contribution in [0.1, 0.15) is 54.4 Å². The highest BCUT2D eigenvalue weighted by atomic mass is 28.2. The zero-order valence-corrected chi connectivity index (χ0v) is 18.6. The van der Waals surface area contributed by atoms with Gasteiger partial charge >= 0.3 is 0 Å². The zero-order chi connectivity index (χ0) is 19.0. The molecule has 0 aliphatic carbocycles. The van der Waals surface area contributed by atoms with Crippen LogP contribution in [0.2, 0.25) is 12.1 Å². The van der Waals surface area contributed by atoms with Crippen molar-refractivity contribution in [2.45, 2.75) is 78.4 Å². The summed E-state index contributed by atoms with van der Waals surface area (Å²) < 4.78 is 34.7. The molecule has 0 aromatic rings. The van der Waals surface area contributed by atoms with E-state index in [1.165, 1.54) is 0 Å². The Balaban J connectivity index is 4.49. The fourth-order valence-electron chi connectivity index (χ4n) is 2.86. The van der Waals surface area contributed by atoms with Crippen molar-refractivity contribution in [3.63, 3.8) is 0 Å². The molecule has 25 heavy (non-hydrogen) atoms. The molecule has 0 radical (unpaired) electrons. The van der Waals surface area contributed by atoms with E-state index in [0.717, 1.165) is 24.9 Å². The summed E-state index contributed by atoms with van der Waals surface area (Å²) in [7, 11) is -0.330. The van der Waals surface area contributed by atoms with Gasteiger partial charge in [-0.1, -0.05) is 12.1 Å². The van der Waals surface area contributed by atoms with Crippen molar-refractivity contribution in [3.05, 3.63) is 0 Å². The Labute approximate surface area is 156 Å². The summed E-state index contributed by atoms with van der Waals surface area (Å²) >= 11 is 0. The van der Waals surface area contributed by atoms with Gasteiger partial charge in [-0.25, -0.2) is 0 Å². The molecular weight excluding hydrogens is 340 g/mol. The Hall–Kier alpha value is -0.0231. The van der Waals surface area contributed by atoms with Crippen molar-refractivity contribution in [3.8, 4) is 0 Å². The highest BCUT2D eigenvalue weighted by Gasteiger charge is 2.33. The van der Waals surface area contributed by atoms with Crippen molar-refractivity contribution in [2.75, 3.05) is 39.6 Å². The molecule has 0 fully saturated rings. The predicted molar refractivity (Wildman–Crippen MR) is 103 cm³/mol. The normalized spacial score (nSPS) is 12.7. The monoisotopic (exact) mass is 380 g/mol. The second kappa shape index (κ2) is 15.1. The van der Waals surface area contributed by atoms with Crippen LogP contribution in [0.15, 0.2) is 0 Å². The van der Waals surface area contributed by atoms with Crippen LogP contribution in [-0.2, 0) is 28.4 Å². The first kappa shape index (κ1) is 25.0. The fraction of sp³-hybridized carbons (Fsp3) is 1.00. The maximum atomic E-state index is 5.78. The van der Waals surface area contributed by atoms with Crippen molar-refractivity contribution >= 4 is 9.52 Å². The molecule has 0 N–H and O–H groups in total. The molecule has 0 rings (SSSR count). The van der Waals surface area contributed by atoms with Gasteiger partial charge in [0, 0.05) is 62.0 Å². The second-order valence-corrected chi connectivity index (χ2v) is 7.65. The maximum absolute atomic E-state index is 5.78. The molecular formula is C18H40O6Si. The first-order chi connectivity index (χ1) is 12.1.